The number of carboxylic acids is 1. The third kappa shape index (κ3) is 3.08. The van der Waals surface area contributed by atoms with Gasteiger partial charge in [-0.25, -0.2) is 4.79 Å². The van der Waals surface area contributed by atoms with Gasteiger partial charge in [0.15, 0.2) is 0 Å². The van der Waals surface area contributed by atoms with Crippen LogP contribution >= 0.6 is 11.6 Å². The fourth-order valence-corrected chi connectivity index (χ4v) is 1.87. The molecular weight excluding hydrogens is 278 g/mol. The molecule has 5 heteroatoms. The monoisotopic (exact) mass is 287 g/mol. The molecule has 4 nitrogen and oxygen atoms in total. The Bertz CT molecular complexity index is 692. The van der Waals surface area contributed by atoms with Crippen molar-refractivity contribution in [3.63, 3.8) is 0 Å². The minimum atomic E-state index is -1.09. The highest BCUT2D eigenvalue weighted by Gasteiger charge is 2.12. The minimum Gasteiger partial charge on any atom is -0.488 e. The normalized spacial score (nSPS) is 9.80. The van der Waals surface area contributed by atoms with Crippen molar-refractivity contribution in [2.75, 3.05) is 0 Å². The van der Waals surface area contributed by atoms with Crippen LogP contribution in [-0.2, 0) is 6.61 Å². The highest BCUT2D eigenvalue weighted by atomic mass is 35.5. The number of nitrogens with zero attached hydrogens (tertiary/aromatic N) is 1. The van der Waals surface area contributed by atoms with Crippen molar-refractivity contribution < 1.29 is 14.6 Å². The van der Waals surface area contributed by atoms with Gasteiger partial charge in [-0.3, -0.25) is 0 Å². The first-order valence-corrected chi connectivity index (χ1v) is 6.13. The smallest absolute Gasteiger partial charge is 0.339 e. The zero-order valence-electron chi connectivity index (χ0n) is 10.3. The second-order valence-electron chi connectivity index (χ2n) is 4.00. The van der Waals surface area contributed by atoms with E-state index in [1.165, 1.54) is 18.2 Å². The lowest BCUT2D eigenvalue weighted by Crippen LogP contribution is -2.04. The van der Waals surface area contributed by atoms with Crippen molar-refractivity contribution in [3.05, 3.63) is 64.2 Å². The average Bonchev–Trinajstić information content (AvgIpc) is 2.45. The highest BCUT2D eigenvalue weighted by Crippen LogP contribution is 2.24. The van der Waals surface area contributed by atoms with Crippen LogP contribution in [0.3, 0.4) is 0 Å². The van der Waals surface area contributed by atoms with E-state index >= 15 is 0 Å². The summed E-state index contributed by atoms with van der Waals surface area (Å²) in [6.07, 6.45) is 0. The van der Waals surface area contributed by atoms with Crippen LogP contribution in [0.4, 0.5) is 0 Å². The summed E-state index contributed by atoms with van der Waals surface area (Å²) >= 11 is 5.84. The van der Waals surface area contributed by atoms with Crippen LogP contribution in [0.2, 0.25) is 5.02 Å². The molecule has 2 aromatic rings. The van der Waals surface area contributed by atoms with E-state index in [1.807, 2.05) is 0 Å². The Morgan fingerprint density at radius 2 is 2.05 bits per heavy atom. The molecule has 2 rings (SSSR count). The summed E-state index contributed by atoms with van der Waals surface area (Å²) in [6, 6.07) is 13.3. The molecule has 0 aromatic heterocycles. The molecule has 0 atom stereocenters. The fourth-order valence-electron chi connectivity index (χ4n) is 1.70. The number of carboxylic acid groups (broad SMARTS) is 1. The number of benzene rings is 2. The van der Waals surface area contributed by atoms with Crippen LogP contribution in [0.5, 0.6) is 5.75 Å². The van der Waals surface area contributed by atoms with Gasteiger partial charge in [-0.2, -0.15) is 5.26 Å². The summed E-state index contributed by atoms with van der Waals surface area (Å²) < 4.78 is 5.49. The lowest BCUT2D eigenvalue weighted by molar-refractivity contribution is 0.0692. The quantitative estimate of drug-likeness (QED) is 0.934. The van der Waals surface area contributed by atoms with Crippen molar-refractivity contribution in [2.45, 2.75) is 6.61 Å². The van der Waals surface area contributed by atoms with Crippen molar-refractivity contribution >= 4 is 17.6 Å². The first-order chi connectivity index (χ1) is 9.61. The Morgan fingerprint density at radius 1 is 1.30 bits per heavy atom. The van der Waals surface area contributed by atoms with Gasteiger partial charge in [-0.1, -0.05) is 29.8 Å². The van der Waals surface area contributed by atoms with E-state index in [2.05, 4.69) is 6.07 Å². The number of carbonyl (C=O) groups is 1. The predicted molar refractivity (Wildman–Crippen MR) is 73.9 cm³/mol. The molecule has 0 fully saturated rings. The van der Waals surface area contributed by atoms with Gasteiger partial charge in [0, 0.05) is 10.6 Å². The first-order valence-electron chi connectivity index (χ1n) is 5.75. The molecule has 0 aliphatic carbocycles. The molecule has 2 aromatic carbocycles. The van der Waals surface area contributed by atoms with Crippen LogP contribution in [0, 0.1) is 11.3 Å². The maximum atomic E-state index is 11.1. The molecule has 0 bridgehead atoms. The molecular formula is C15H10ClNO3. The summed E-state index contributed by atoms with van der Waals surface area (Å²) in [5, 5.41) is 18.4. The zero-order valence-corrected chi connectivity index (χ0v) is 11.1. The van der Waals surface area contributed by atoms with E-state index in [1.54, 1.807) is 24.3 Å². The van der Waals surface area contributed by atoms with Crippen molar-refractivity contribution in [1.29, 1.82) is 5.26 Å². The van der Waals surface area contributed by atoms with Crippen molar-refractivity contribution in [2.24, 2.45) is 0 Å². The average molecular weight is 288 g/mol. The number of nitriles is 1. The number of hydrogen-bond donors (Lipinski definition) is 1. The maximum absolute atomic E-state index is 11.1. The van der Waals surface area contributed by atoms with E-state index in [-0.39, 0.29) is 17.9 Å². The lowest BCUT2D eigenvalue weighted by atomic mass is 10.1. The second kappa shape index (κ2) is 6.09. The summed E-state index contributed by atoms with van der Waals surface area (Å²) in [6.45, 7) is 0.102. The van der Waals surface area contributed by atoms with Gasteiger partial charge >= 0.3 is 5.97 Å². The van der Waals surface area contributed by atoms with Crippen LogP contribution in [0.25, 0.3) is 0 Å². The summed E-state index contributed by atoms with van der Waals surface area (Å²) in [4.78, 5) is 11.1. The van der Waals surface area contributed by atoms with Crippen molar-refractivity contribution in [1.82, 2.24) is 0 Å². The lowest BCUT2D eigenvalue weighted by Gasteiger charge is -2.10. The summed E-state index contributed by atoms with van der Waals surface area (Å²) in [7, 11) is 0. The third-order valence-corrected chi connectivity index (χ3v) is 2.93. The van der Waals surface area contributed by atoms with Gasteiger partial charge < -0.3 is 9.84 Å². The Labute approximate surface area is 120 Å². The number of halogens is 1. The molecule has 0 amide bonds. The summed E-state index contributed by atoms with van der Waals surface area (Å²) in [5.74, 6) is -0.914. The van der Waals surface area contributed by atoms with E-state index in [0.717, 1.165) is 0 Å². The van der Waals surface area contributed by atoms with E-state index in [4.69, 9.17) is 26.7 Å². The van der Waals surface area contributed by atoms with Gasteiger partial charge in [0.25, 0.3) is 0 Å². The summed E-state index contributed by atoms with van der Waals surface area (Å²) in [5.41, 5.74) is 1.21. The third-order valence-electron chi connectivity index (χ3n) is 2.70. The van der Waals surface area contributed by atoms with Crippen LogP contribution < -0.4 is 4.74 Å². The number of aromatic carboxylic acids is 1. The largest absolute Gasteiger partial charge is 0.488 e. The van der Waals surface area contributed by atoms with Gasteiger partial charge in [-0.05, 0) is 24.3 Å². The Morgan fingerprint density at radius 3 is 2.75 bits per heavy atom. The van der Waals surface area contributed by atoms with E-state index in [0.29, 0.717) is 16.1 Å². The zero-order chi connectivity index (χ0) is 14.5. The molecule has 0 unspecified atom stereocenters. The molecule has 0 radical (unpaired) electrons. The molecule has 1 N–H and O–H groups in total. The molecule has 0 heterocycles. The first kappa shape index (κ1) is 13.9. The number of hydrogen-bond acceptors (Lipinski definition) is 3. The van der Waals surface area contributed by atoms with Crippen molar-refractivity contribution in [3.8, 4) is 11.8 Å². The standard InChI is InChI=1S/C15H10ClNO3/c16-12-5-6-13(15(18)19)14(7-12)20-9-11-4-2-1-3-10(11)8-17/h1-7H,9H2,(H,18,19). The highest BCUT2D eigenvalue weighted by molar-refractivity contribution is 6.30. The van der Waals surface area contributed by atoms with Gasteiger partial charge in [-0.15, -0.1) is 0 Å². The van der Waals surface area contributed by atoms with Crippen LogP contribution in [0.1, 0.15) is 21.5 Å². The molecule has 100 valence electrons. The van der Waals surface area contributed by atoms with Crippen LogP contribution in [0.15, 0.2) is 42.5 Å². The number of ether oxygens (including phenoxy) is 1. The number of rotatable bonds is 4. The van der Waals surface area contributed by atoms with Crippen LogP contribution in [-0.4, -0.2) is 11.1 Å². The Kier molecular flexibility index (Phi) is 4.24. The molecule has 0 aliphatic rings. The molecule has 0 aliphatic heterocycles. The van der Waals surface area contributed by atoms with E-state index < -0.39 is 5.97 Å². The van der Waals surface area contributed by atoms with E-state index in [9.17, 15) is 4.79 Å². The predicted octanol–water partition coefficient (Wildman–Crippen LogP) is 3.49. The Hall–Kier alpha value is -2.51. The van der Waals surface area contributed by atoms with Gasteiger partial charge in [0.2, 0.25) is 0 Å². The topological polar surface area (TPSA) is 70.3 Å². The molecule has 0 saturated carbocycles. The fraction of sp³-hybridized carbons (Fsp3) is 0.0667. The van der Waals surface area contributed by atoms with Gasteiger partial charge in [0.1, 0.15) is 17.9 Å². The molecule has 0 spiro atoms. The second-order valence-corrected chi connectivity index (χ2v) is 4.44. The Balaban J connectivity index is 2.25. The minimum absolute atomic E-state index is 0.0313. The maximum Gasteiger partial charge on any atom is 0.339 e. The molecule has 20 heavy (non-hydrogen) atoms. The van der Waals surface area contributed by atoms with Gasteiger partial charge in [0.05, 0.1) is 11.6 Å². The SMILES string of the molecule is N#Cc1ccccc1COc1cc(Cl)ccc1C(=O)O. The molecule has 0 saturated heterocycles.